The van der Waals surface area contributed by atoms with Crippen molar-refractivity contribution in [3.8, 4) is 0 Å². The predicted octanol–water partition coefficient (Wildman–Crippen LogP) is 1.71. The Morgan fingerprint density at radius 2 is 1.86 bits per heavy atom. The Bertz CT molecular complexity index is 1230. The number of rotatable bonds is 5. The van der Waals surface area contributed by atoms with Crippen LogP contribution in [0.1, 0.15) is 19.8 Å². The summed E-state index contributed by atoms with van der Waals surface area (Å²) in [6.07, 6.45) is 5.11. The fraction of sp³-hybridized carbons (Fsp3) is 0.368. The number of amides is 1. The lowest BCUT2D eigenvalue weighted by Gasteiger charge is -2.24. The highest BCUT2D eigenvalue weighted by Crippen LogP contribution is 2.43. The van der Waals surface area contributed by atoms with Crippen LogP contribution >= 0.6 is 0 Å². The summed E-state index contributed by atoms with van der Waals surface area (Å²) in [6, 6.07) is 7.42. The standard InChI is InChI=1S/C19H21N3O5S2/c1-3-6-14-18-15(10-12-21(18)28(2,24)25)22(19(14)23)29(26,27)16-9-4-7-13-8-5-11-20-17(13)16/h4-5,7-11,14,18H,3,6,12H2,1-2H3/t14-,18-/m1/s1. The quantitative estimate of drug-likeness (QED) is 0.708. The topological polar surface area (TPSA) is 105 Å². The molecular formula is C19H21N3O5S2. The third-order valence-electron chi connectivity index (χ3n) is 5.37. The van der Waals surface area contributed by atoms with Crippen molar-refractivity contribution in [2.24, 2.45) is 5.92 Å². The zero-order chi connectivity index (χ0) is 21.0. The molecule has 2 aliphatic heterocycles. The summed E-state index contributed by atoms with van der Waals surface area (Å²) in [5, 5.41) is 0.639. The molecule has 4 rings (SSSR count). The van der Waals surface area contributed by atoms with E-state index in [1.54, 1.807) is 24.3 Å². The van der Waals surface area contributed by atoms with Gasteiger partial charge < -0.3 is 0 Å². The lowest BCUT2D eigenvalue weighted by Crippen LogP contribution is -2.40. The van der Waals surface area contributed by atoms with Gasteiger partial charge in [0, 0.05) is 18.1 Å². The van der Waals surface area contributed by atoms with E-state index in [-0.39, 0.29) is 22.7 Å². The smallest absolute Gasteiger partial charge is 0.272 e. The van der Waals surface area contributed by atoms with Gasteiger partial charge in [-0.2, -0.15) is 4.31 Å². The summed E-state index contributed by atoms with van der Waals surface area (Å²) in [5.74, 6) is -1.33. The summed E-state index contributed by atoms with van der Waals surface area (Å²) in [5.41, 5.74) is 0.490. The molecule has 0 unspecified atom stereocenters. The molecule has 1 saturated heterocycles. The molecule has 2 atom stereocenters. The van der Waals surface area contributed by atoms with Gasteiger partial charge in [-0.1, -0.05) is 31.5 Å². The van der Waals surface area contributed by atoms with Gasteiger partial charge in [0.15, 0.2) is 0 Å². The first-order valence-corrected chi connectivity index (χ1v) is 12.6. The number of aromatic nitrogens is 1. The minimum absolute atomic E-state index is 0.0478. The van der Waals surface area contributed by atoms with Crippen molar-refractivity contribution in [2.45, 2.75) is 30.7 Å². The van der Waals surface area contributed by atoms with E-state index in [1.165, 1.54) is 22.6 Å². The van der Waals surface area contributed by atoms with E-state index in [2.05, 4.69) is 4.98 Å². The lowest BCUT2D eigenvalue weighted by molar-refractivity contribution is -0.127. The first kappa shape index (κ1) is 20.0. The molecule has 0 aliphatic carbocycles. The molecule has 29 heavy (non-hydrogen) atoms. The third kappa shape index (κ3) is 3.06. The maximum absolute atomic E-state index is 13.6. The summed E-state index contributed by atoms with van der Waals surface area (Å²) >= 11 is 0. The van der Waals surface area contributed by atoms with Gasteiger partial charge in [-0.25, -0.2) is 21.1 Å². The molecule has 8 nitrogen and oxygen atoms in total. The van der Waals surface area contributed by atoms with Crippen LogP contribution in [0.3, 0.4) is 0 Å². The predicted molar refractivity (Wildman–Crippen MR) is 108 cm³/mol. The number of carbonyl (C=O) groups is 1. The van der Waals surface area contributed by atoms with Crippen molar-refractivity contribution >= 4 is 36.9 Å². The number of sulfonamides is 2. The number of nitrogens with zero attached hydrogens (tertiary/aromatic N) is 3. The highest BCUT2D eigenvalue weighted by molar-refractivity contribution is 7.90. The number of carbonyl (C=O) groups excluding carboxylic acids is 1. The highest BCUT2D eigenvalue weighted by atomic mass is 32.2. The zero-order valence-corrected chi connectivity index (χ0v) is 17.6. The monoisotopic (exact) mass is 435 g/mol. The molecular weight excluding hydrogens is 414 g/mol. The van der Waals surface area contributed by atoms with E-state index in [4.69, 9.17) is 0 Å². The van der Waals surface area contributed by atoms with Crippen LogP contribution in [0.5, 0.6) is 0 Å². The summed E-state index contributed by atoms with van der Waals surface area (Å²) in [6.45, 7) is 1.92. The minimum atomic E-state index is -4.26. The zero-order valence-electron chi connectivity index (χ0n) is 16.0. The molecule has 0 radical (unpaired) electrons. The Morgan fingerprint density at radius 1 is 1.14 bits per heavy atom. The van der Waals surface area contributed by atoms with E-state index < -0.39 is 37.9 Å². The van der Waals surface area contributed by atoms with Crippen molar-refractivity contribution in [3.05, 3.63) is 48.3 Å². The Morgan fingerprint density at radius 3 is 2.55 bits per heavy atom. The molecule has 2 aromatic rings. The number of para-hydroxylation sites is 1. The second-order valence-electron chi connectivity index (χ2n) is 7.24. The van der Waals surface area contributed by atoms with Crippen molar-refractivity contribution < 1.29 is 21.6 Å². The summed E-state index contributed by atoms with van der Waals surface area (Å²) in [7, 11) is -7.86. The van der Waals surface area contributed by atoms with Crippen LogP contribution in [0, 0.1) is 5.92 Å². The van der Waals surface area contributed by atoms with Gasteiger partial charge in [0.25, 0.3) is 10.0 Å². The molecule has 2 aliphatic rings. The van der Waals surface area contributed by atoms with Crippen LogP contribution in [0.15, 0.2) is 53.2 Å². The maximum Gasteiger partial charge on any atom is 0.272 e. The molecule has 1 amide bonds. The number of pyridine rings is 1. The SMILES string of the molecule is CCC[C@H]1C(=O)N(S(=O)(=O)c2cccc3cccnc23)C2=CCN(S(C)(=O)=O)[C@@H]21. The van der Waals surface area contributed by atoms with Gasteiger partial charge in [-0.05, 0) is 24.6 Å². The number of benzene rings is 1. The third-order valence-corrected chi connectivity index (χ3v) is 8.35. The highest BCUT2D eigenvalue weighted by Gasteiger charge is 2.55. The first-order chi connectivity index (χ1) is 13.7. The lowest BCUT2D eigenvalue weighted by atomic mass is 9.97. The summed E-state index contributed by atoms with van der Waals surface area (Å²) < 4.78 is 53.6. The van der Waals surface area contributed by atoms with E-state index >= 15 is 0 Å². The van der Waals surface area contributed by atoms with Crippen LogP contribution in [0.4, 0.5) is 0 Å². The normalized spacial score (nSPS) is 22.9. The largest absolute Gasteiger partial charge is 0.273 e. The molecule has 0 N–H and O–H groups in total. The van der Waals surface area contributed by atoms with Crippen molar-refractivity contribution in [1.29, 1.82) is 0 Å². The van der Waals surface area contributed by atoms with Crippen molar-refractivity contribution in [1.82, 2.24) is 13.6 Å². The van der Waals surface area contributed by atoms with Gasteiger partial charge in [0.1, 0.15) is 4.90 Å². The number of fused-ring (bicyclic) bond motifs is 2. The first-order valence-electron chi connectivity index (χ1n) is 9.27. The number of hydrogen-bond donors (Lipinski definition) is 0. The van der Waals surface area contributed by atoms with Crippen LogP contribution in [-0.4, -0.2) is 55.2 Å². The van der Waals surface area contributed by atoms with Crippen LogP contribution < -0.4 is 0 Å². The van der Waals surface area contributed by atoms with Crippen LogP contribution in [0.25, 0.3) is 10.9 Å². The molecule has 154 valence electrons. The second kappa shape index (κ2) is 6.89. The Kier molecular flexibility index (Phi) is 4.75. The van der Waals surface area contributed by atoms with Crippen LogP contribution in [-0.2, 0) is 24.8 Å². The molecule has 10 heteroatoms. The van der Waals surface area contributed by atoms with Crippen molar-refractivity contribution in [2.75, 3.05) is 12.8 Å². The fourth-order valence-electron chi connectivity index (χ4n) is 4.16. The molecule has 0 spiro atoms. The molecule has 0 bridgehead atoms. The van der Waals surface area contributed by atoms with E-state index in [0.29, 0.717) is 18.2 Å². The average Bonchev–Trinajstić information content (AvgIpc) is 3.20. The average molecular weight is 436 g/mol. The van der Waals surface area contributed by atoms with Gasteiger partial charge in [-0.3, -0.25) is 9.78 Å². The molecule has 1 aromatic carbocycles. The van der Waals surface area contributed by atoms with E-state index in [9.17, 15) is 21.6 Å². The Balaban J connectivity index is 1.87. The van der Waals surface area contributed by atoms with Crippen LogP contribution in [0.2, 0.25) is 0 Å². The fourth-order valence-corrected chi connectivity index (χ4v) is 6.87. The maximum atomic E-state index is 13.6. The Hall–Kier alpha value is -2.30. The second-order valence-corrected chi connectivity index (χ2v) is 10.9. The van der Waals surface area contributed by atoms with Gasteiger partial charge in [-0.15, -0.1) is 0 Å². The van der Waals surface area contributed by atoms with Gasteiger partial charge in [0.2, 0.25) is 15.9 Å². The number of hydrogen-bond acceptors (Lipinski definition) is 6. The van der Waals surface area contributed by atoms with Gasteiger partial charge >= 0.3 is 0 Å². The molecule has 0 saturated carbocycles. The van der Waals surface area contributed by atoms with Crippen molar-refractivity contribution in [3.63, 3.8) is 0 Å². The minimum Gasteiger partial charge on any atom is -0.273 e. The Labute approximate surface area is 169 Å². The van der Waals surface area contributed by atoms with E-state index in [1.807, 2.05) is 6.92 Å². The van der Waals surface area contributed by atoms with E-state index in [0.717, 1.165) is 10.6 Å². The molecule has 3 heterocycles. The molecule has 1 aromatic heterocycles. The molecule has 1 fully saturated rings. The van der Waals surface area contributed by atoms with Gasteiger partial charge in [0.05, 0.1) is 29.4 Å². The summed E-state index contributed by atoms with van der Waals surface area (Å²) in [4.78, 5) is 17.3.